The van der Waals surface area contributed by atoms with Gasteiger partial charge >= 0.3 is 5.97 Å². The van der Waals surface area contributed by atoms with Crippen molar-refractivity contribution in [1.82, 2.24) is 0 Å². The second-order valence-electron chi connectivity index (χ2n) is 7.08. The Morgan fingerprint density at radius 1 is 0.800 bits per heavy atom. The van der Waals surface area contributed by atoms with Crippen LogP contribution in [0.1, 0.15) is 12.0 Å². The highest BCUT2D eigenvalue weighted by molar-refractivity contribution is 7.71. The third kappa shape index (κ3) is 3.89. The zero-order chi connectivity index (χ0) is 21.0. The van der Waals surface area contributed by atoms with Crippen LogP contribution in [-0.2, 0) is 9.36 Å². The van der Waals surface area contributed by atoms with E-state index in [0.717, 1.165) is 16.9 Å². The molecule has 0 unspecified atom stereocenters. The van der Waals surface area contributed by atoms with Crippen LogP contribution in [0.15, 0.2) is 96.3 Å². The molecule has 1 N–H and O–H groups in total. The van der Waals surface area contributed by atoms with Gasteiger partial charge in [0, 0.05) is 29.8 Å². The van der Waals surface area contributed by atoms with Crippen LogP contribution in [0.3, 0.4) is 0 Å². The fraction of sp³-hybridized carbons (Fsp3) is 0.125. The summed E-state index contributed by atoms with van der Waals surface area (Å²) in [4.78, 5) is 11.8. The van der Waals surface area contributed by atoms with Crippen LogP contribution in [0.25, 0.3) is 6.08 Å². The van der Waals surface area contributed by atoms with Gasteiger partial charge in [-0.05, 0) is 35.9 Å². The highest BCUT2D eigenvalue weighted by Gasteiger charge is 2.46. The van der Waals surface area contributed by atoms with E-state index in [2.05, 4.69) is 0 Å². The molecule has 0 saturated carbocycles. The van der Waals surface area contributed by atoms with Crippen molar-refractivity contribution in [2.45, 2.75) is 6.42 Å². The standard InChI is InChI=1S/C24H23N2O3P/c27-24(28)19-23(18-20-10-4-1-5-11-20)30(29)25(21-12-6-2-7-13-21)16-17-26(30)22-14-8-3-9-15-22/h1-15,18H,16-17,19H2,(H,27,28). The summed E-state index contributed by atoms with van der Waals surface area (Å²) in [5.74, 6) is -1.000. The van der Waals surface area contributed by atoms with Crippen LogP contribution in [0.5, 0.6) is 0 Å². The van der Waals surface area contributed by atoms with Gasteiger partial charge in [-0.25, -0.2) is 0 Å². The number of benzene rings is 3. The molecule has 6 heteroatoms. The Morgan fingerprint density at radius 2 is 1.23 bits per heavy atom. The van der Waals surface area contributed by atoms with Gasteiger partial charge in [0.15, 0.2) is 0 Å². The number of nitrogens with zero attached hydrogens (tertiary/aromatic N) is 2. The molecule has 4 rings (SSSR count). The number of aliphatic carboxylic acids is 1. The number of hydrogen-bond acceptors (Lipinski definition) is 2. The monoisotopic (exact) mass is 418 g/mol. The van der Waals surface area contributed by atoms with Crippen molar-refractivity contribution in [3.8, 4) is 0 Å². The summed E-state index contributed by atoms with van der Waals surface area (Å²) in [7, 11) is -3.42. The Bertz CT molecular complexity index is 1030. The second kappa shape index (κ2) is 8.60. The Balaban J connectivity index is 1.89. The van der Waals surface area contributed by atoms with Gasteiger partial charge in [-0.3, -0.25) is 9.36 Å². The first-order valence-corrected chi connectivity index (χ1v) is 11.4. The lowest BCUT2D eigenvalue weighted by Gasteiger charge is -2.34. The lowest BCUT2D eigenvalue weighted by molar-refractivity contribution is -0.136. The van der Waals surface area contributed by atoms with E-state index in [4.69, 9.17) is 0 Å². The Hall–Kier alpha value is -3.30. The summed E-state index contributed by atoms with van der Waals surface area (Å²) in [5, 5.41) is 10.1. The molecular formula is C24H23N2O3P. The minimum atomic E-state index is -3.42. The number of rotatable bonds is 6. The summed E-state index contributed by atoms with van der Waals surface area (Å²) >= 11 is 0. The van der Waals surface area contributed by atoms with Gasteiger partial charge in [-0.2, -0.15) is 0 Å². The predicted molar refractivity (Wildman–Crippen MR) is 122 cm³/mol. The maximum absolute atomic E-state index is 14.8. The average molecular weight is 418 g/mol. The van der Waals surface area contributed by atoms with Gasteiger partial charge in [-0.15, -0.1) is 0 Å². The Labute approximate surface area is 176 Å². The van der Waals surface area contributed by atoms with E-state index in [9.17, 15) is 14.5 Å². The second-order valence-corrected chi connectivity index (χ2v) is 9.71. The first-order valence-electron chi connectivity index (χ1n) is 9.83. The van der Waals surface area contributed by atoms with Crippen molar-refractivity contribution in [3.63, 3.8) is 0 Å². The Morgan fingerprint density at radius 3 is 1.67 bits per heavy atom. The fourth-order valence-corrected chi connectivity index (χ4v) is 6.96. The smallest absolute Gasteiger partial charge is 0.308 e. The maximum atomic E-state index is 14.8. The van der Waals surface area contributed by atoms with Crippen LogP contribution >= 0.6 is 7.44 Å². The molecule has 1 aliphatic heterocycles. The molecule has 0 radical (unpaired) electrons. The third-order valence-electron chi connectivity index (χ3n) is 5.13. The first kappa shape index (κ1) is 20.0. The fourth-order valence-electron chi connectivity index (χ4n) is 3.81. The van der Waals surface area contributed by atoms with Crippen molar-refractivity contribution in [2.24, 2.45) is 0 Å². The molecule has 0 atom stereocenters. The van der Waals surface area contributed by atoms with E-state index in [1.54, 1.807) is 6.08 Å². The molecule has 1 fully saturated rings. The third-order valence-corrected chi connectivity index (χ3v) is 8.33. The van der Waals surface area contributed by atoms with E-state index >= 15 is 0 Å². The van der Waals surface area contributed by atoms with Crippen molar-refractivity contribution in [2.75, 3.05) is 22.4 Å². The quantitative estimate of drug-likeness (QED) is 0.519. The van der Waals surface area contributed by atoms with E-state index < -0.39 is 13.4 Å². The molecule has 1 saturated heterocycles. The maximum Gasteiger partial charge on any atom is 0.308 e. The van der Waals surface area contributed by atoms with Gasteiger partial charge < -0.3 is 14.4 Å². The number of carboxylic acid groups (broad SMARTS) is 1. The molecule has 3 aromatic carbocycles. The number of para-hydroxylation sites is 2. The molecule has 1 heterocycles. The molecule has 0 amide bonds. The van der Waals surface area contributed by atoms with E-state index in [1.807, 2.05) is 100 Å². The van der Waals surface area contributed by atoms with Crippen molar-refractivity contribution in [1.29, 1.82) is 0 Å². The van der Waals surface area contributed by atoms with E-state index in [0.29, 0.717) is 18.4 Å². The lowest BCUT2D eigenvalue weighted by atomic mass is 10.2. The number of hydrogen-bond donors (Lipinski definition) is 1. The van der Waals surface area contributed by atoms with Gasteiger partial charge in [0.1, 0.15) is 0 Å². The molecule has 0 spiro atoms. The van der Waals surface area contributed by atoms with Gasteiger partial charge in [0.25, 0.3) is 7.44 Å². The molecular weight excluding hydrogens is 395 g/mol. The highest BCUT2D eigenvalue weighted by atomic mass is 31.2. The van der Waals surface area contributed by atoms with E-state index in [1.165, 1.54) is 0 Å². The summed E-state index contributed by atoms with van der Waals surface area (Å²) < 4.78 is 18.6. The van der Waals surface area contributed by atoms with Crippen LogP contribution in [0.2, 0.25) is 0 Å². The van der Waals surface area contributed by atoms with E-state index in [-0.39, 0.29) is 6.42 Å². The van der Waals surface area contributed by atoms with Crippen molar-refractivity contribution < 1.29 is 14.5 Å². The summed E-state index contributed by atoms with van der Waals surface area (Å²) in [6.45, 7) is 1.09. The number of carbonyl (C=O) groups is 1. The van der Waals surface area contributed by atoms with Gasteiger partial charge in [0.2, 0.25) is 0 Å². The molecule has 0 bridgehead atoms. The normalized spacial score (nSPS) is 15.9. The molecule has 30 heavy (non-hydrogen) atoms. The SMILES string of the molecule is O=C(O)CC(=Cc1ccccc1)P1(=O)N(c2ccccc2)CCN1c1ccccc1. The van der Waals surface area contributed by atoms with Crippen LogP contribution in [-0.4, -0.2) is 24.2 Å². The molecule has 0 aliphatic carbocycles. The predicted octanol–water partition coefficient (Wildman–Crippen LogP) is 5.72. The largest absolute Gasteiger partial charge is 0.481 e. The summed E-state index contributed by atoms with van der Waals surface area (Å²) in [6.07, 6.45) is 1.48. The topological polar surface area (TPSA) is 60.9 Å². The zero-order valence-corrected chi connectivity index (χ0v) is 17.4. The van der Waals surface area contributed by atoms with Gasteiger partial charge in [0.05, 0.1) is 6.42 Å². The number of anilines is 2. The zero-order valence-electron chi connectivity index (χ0n) is 16.5. The molecule has 152 valence electrons. The molecule has 5 nitrogen and oxygen atoms in total. The average Bonchev–Trinajstić information content (AvgIpc) is 3.13. The van der Waals surface area contributed by atoms with Crippen molar-refractivity contribution in [3.05, 3.63) is 102 Å². The summed E-state index contributed by atoms with van der Waals surface area (Å²) in [5.41, 5.74) is 2.48. The number of carboxylic acids is 1. The Kier molecular flexibility index (Phi) is 5.73. The highest BCUT2D eigenvalue weighted by Crippen LogP contribution is 2.66. The van der Waals surface area contributed by atoms with Gasteiger partial charge in [-0.1, -0.05) is 66.7 Å². The minimum Gasteiger partial charge on any atom is -0.481 e. The summed E-state index contributed by atoms with van der Waals surface area (Å²) in [6, 6.07) is 28.6. The lowest BCUT2D eigenvalue weighted by Crippen LogP contribution is -2.21. The molecule has 3 aromatic rings. The molecule has 0 aromatic heterocycles. The molecule has 1 aliphatic rings. The van der Waals surface area contributed by atoms with Crippen LogP contribution in [0, 0.1) is 0 Å². The van der Waals surface area contributed by atoms with Crippen LogP contribution in [0.4, 0.5) is 11.4 Å². The van der Waals surface area contributed by atoms with Crippen molar-refractivity contribution >= 4 is 30.9 Å². The first-order chi connectivity index (χ1) is 14.6. The van der Waals surface area contributed by atoms with Crippen LogP contribution < -0.4 is 9.34 Å². The minimum absolute atomic E-state index is 0.293.